The van der Waals surface area contributed by atoms with Crippen molar-refractivity contribution >= 4 is 17.3 Å². The van der Waals surface area contributed by atoms with Crippen LogP contribution in [0, 0.1) is 13.8 Å². The van der Waals surface area contributed by atoms with Crippen LogP contribution in [0.5, 0.6) is 0 Å². The number of carbonyl (C=O) groups excluding carboxylic acids is 1. The van der Waals surface area contributed by atoms with E-state index < -0.39 is 0 Å². The van der Waals surface area contributed by atoms with Gasteiger partial charge in [-0.25, -0.2) is 0 Å². The van der Waals surface area contributed by atoms with Gasteiger partial charge in [0.25, 0.3) is 5.91 Å². The molecule has 0 radical (unpaired) electrons. The Hall–Kier alpha value is -2.30. The number of aryl methyl sites for hydroxylation is 2. The maximum absolute atomic E-state index is 12.1. The Morgan fingerprint density at radius 2 is 2.05 bits per heavy atom. The summed E-state index contributed by atoms with van der Waals surface area (Å²) < 4.78 is 1.82. The predicted molar refractivity (Wildman–Crippen MR) is 74.1 cm³/mol. The number of hydrogen-bond acceptors (Lipinski definition) is 3. The molecule has 1 aromatic heterocycles. The molecule has 0 bridgehead atoms. The number of aromatic nitrogens is 2. The monoisotopic (exact) mass is 256 g/mol. The van der Waals surface area contributed by atoms with Crippen molar-refractivity contribution in [2.45, 2.75) is 19.9 Å². The fourth-order valence-corrected chi connectivity index (χ4v) is 2.48. The first kappa shape index (κ1) is 11.8. The molecule has 1 aromatic carbocycles. The third-order valence-corrected chi connectivity index (χ3v) is 3.59. The molecule has 19 heavy (non-hydrogen) atoms. The van der Waals surface area contributed by atoms with E-state index in [2.05, 4.69) is 15.7 Å². The van der Waals surface area contributed by atoms with Crippen LogP contribution in [0.4, 0.5) is 11.4 Å². The highest BCUT2D eigenvalue weighted by atomic mass is 16.2. The van der Waals surface area contributed by atoms with Crippen molar-refractivity contribution in [3.8, 4) is 0 Å². The average Bonchev–Trinajstić information content (AvgIpc) is 2.82. The van der Waals surface area contributed by atoms with E-state index in [0.29, 0.717) is 0 Å². The maximum Gasteiger partial charge on any atom is 0.251 e. The molecule has 0 spiro atoms. The number of fused-ring (bicyclic) bond motifs is 1. The average molecular weight is 256 g/mol. The summed E-state index contributed by atoms with van der Waals surface area (Å²) in [4.78, 5) is 12.1. The Balaban J connectivity index is 1.98. The molecule has 5 heteroatoms. The lowest BCUT2D eigenvalue weighted by molar-refractivity contribution is -0.116. The third-order valence-electron chi connectivity index (χ3n) is 3.59. The van der Waals surface area contributed by atoms with Crippen LogP contribution in [0.15, 0.2) is 24.3 Å². The second-order valence-electron chi connectivity index (χ2n) is 4.82. The smallest absolute Gasteiger partial charge is 0.251 e. The number of benzene rings is 1. The number of amides is 1. The van der Waals surface area contributed by atoms with Crippen LogP contribution < -0.4 is 10.6 Å². The summed E-state index contributed by atoms with van der Waals surface area (Å²) in [5.41, 5.74) is 4.71. The fourth-order valence-electron chi connectivity index (χ4n) is 2.48. The number of nitrogens with zero attached hydrogens (tertiary/aromatic N) is 2. The minimum Gasteiger partial charge on any atom is -0.367 e. The van der Waals surface area contributed by atoms with Gasteiger partial charge >= 0.3 is 0 Å². The van der Waals surface area contributed by atoms with E-state index in [1.807, 2.05) is 49.8 Å². The molecular weight excluding hydrogens is 240 g/mol. The van der Waals surface area contributed by atoms with Crippen LogP contribution in [0.3, 0.4) is 0 Å². The summed E-state index contributed by atoms with van der Waals surface area (Å²) in [5.74, 6) is -0.0242. The molecule has 5 nitrogen and oxygen atoms in total. The van der Waals surface area contributed by atoms with E-state index in [-0.39, 0.29) is 11.9 Å². The molecule has 1 aliphatic rings. The number of para-hydroxylation sites is 1. The summed E-state index contributed by atoms with van der Waals surface area (Å²) in [6, 6.07) is 7.39. The van der Waals surface area contributed by atoms with E-state index in [0.717, 1.165) is 28.3 Å². The van der Waals surface area contributed by atoms with E-state index in [1.54, 1.807) is 0 Å². The van der Waals surface area contributed by atoms with Gasteiger partial charge in [-0.2, -0.15) is 5.10 Å². The van der Waals surface area contributed by atoms with Gasteiger partial charge in [-0.1, -0.05) is 18.2 Å². The minimum atomic E-state index is -0.349. The predicted octanol–water partition coefficient (Wildman–Crippen LogP) is 2.14. The van der Waals surface area contributed by atoms with Crippen molar-refractivity contribution in [3.63, 3.8) is 0 Å². The van der Waals surface area contributed by atoms with Gasteiger partial charge in [0.05, 0.1) is 17.1 Å². The third kappa shape index (κ3) is 1.78. The molecule has 2 heterocycles. The normalized spacial score (nSPS) is 17.2. The second kappa shape index (κ2) is 4.12. The van der Waals surface area contributed by atoms with E-state index in [1.165, 1.54) is 0 Å². The fraction of sp³-hybridized carbons (Fsp3) is 0.286. The molecule has 0 aliphatic carbocycles. The van der Waals surface area contributed by atoms with Crippen molar-refractivity contribution in [2.24, 2.45) is 7.05 Å². The van der Waals surface area contributed by atoms with Gasteiger partial charge in [0.1, 0.15) is 6.04 Å². The molecule has 1 unspecified atom stereocenters. The van der Waals surface area contributed by atoms with Crippen LogP contribution in [-0.2, 0) is 11.8 Å². The Bertz CT molecular complexity index is 659. The first-order chi connectivity index (χ1) is 9.08. The SMILES string of the molecule is Cc1nn(C)c(C)c1NC1C(=O)Nc2ccccc21. The summed E-state index contributed by atoms with van der Waals surface area (Å²) in [7, 11) is 1.90. The van der Waals surface area contributed by atoms with Crippen molar-refractivity contribution in [3.05, 3.63) is 41.2 Å². The van der Waals surface area contributed by atoms with Gasteiger partial charge in [-0.3, -0.25) is 9.48 Å². The number of nitrogens with one attached hydrogen (secondary N) is 2. The molecule has 0 fully saturated rings. The number of anilines is 2. The summed E-state index contributed by atoms with van der Waals surface area (Å²) in [6.45, 7) is 3.93. The summed E-state index contributed by atoms with van der Waals surface area (Å²) in [6.07, 6.45) is 0. The standard InChI is InChI=1S/C14H16N4O/c1-8-12(9(2)18(3)17-8)16-13-10-6-4-5-7-11(10)15-14(13)19/h4-7,13,16H,1-3H3,(H,15,19). The van der Waals surface area contributed by atoms with Gasteiger partial charge in [0.15, 0.2) is 0 Å². The summed E-state index contributed by atoms with van der Waals surface area (Å²) >= 11 is 0. The molecule has 98 valence electrons. The van der Waals surface area contributed by atoms with Gasteiger partial charge in [0.2, 0.25) is 0 Å². The Kier molecular flexibility index (Phi) is 2.55. The van der Waals surface area contributed by atoms with Gasteiger partial charge in [-0.15, -0.1) is 0 Å². The highest BCUT2D eigenvalue weighted by Crippen LogP contribution is 2.34. The molecular formula is C14H16N4O. The Morgan fingerprint density at radius 1 is 1.32 bits per heavy atom. The van der Waals surface area contributed by atoms with E-state index in [9.17, 15) is 4.79 Å². The van der Waals surface area contributed by atoms with Crippen molar-refractivity contribution in [1.29, 1.82) is 0 Å². The van der Waals surface area contributed by atoms with Crippen LogP contribution in [-0.4, -0.2) is 15.7 Å². The molecule has 0 saturated carbocycles. The zero-order chi connectivity index (χ0) is 13.6. The zero-order valence-electron chi connectivity index (χ0n) is 11.2. The molecule has 1 amide bonds. The zero-order valence-corrected chi connectivity index (χ0v) is 11.2. The molecule has 2 aromatic rings. The second-order valence-corrected chi connectivity index (χ2v) is 4.82. The van der Waals surface area contributed by atoms with Gasteiger partial charge in [-0.05, 0) is 19.9 Å². The lowest BCUT2D eigenvalue weighted by Crippen LogP contribution is -2.20. The molecule has 1 aliphatic heterocycles. The lowest BCUT2D eigenvalue weighted by Gasteiger charge is -2.13. The minimum absolute atomic E-state index is 0.0242. The highest BCUT2D eigenvalue weighted by Gasteiger charge is 2.31. The number of carbonyl (C=O) groups is 1. The highest BCUT2D eigenvalue weighted by molar-refractivity contribution is 6.04. The number of hydrogen-bond donors (Lipinski definition) is 2. The van der Waals surface area contributed by atoms with E-state index >= 15 is 0 Å². The molecule has 1 atom stereocenters. The quantitative estimate of drug-likeness (QED) is 0.865. The largest absolute Gasteiger partial charge is 0.367 e. The Labute approximate surface area is 111 Å². The Morgan fingerprint density at radius 3 is 2.74 bits per heavy atom. The van der Waals surface area contributed by atoms with Crippen LogP contribution >= 0.6 is 0 Å². The first-order valence-corrected chi connectivity index (χ1v) is 6.24. The summed E-state index contributed by atoms with van der Waals surface area (Å²) in [5, 5.41) is 10.5. The van der Waals surface area contributed by atoms with Crippen molar-refractivity contribution in [1.82, 2.24) is 9.78 Å². The topological polar surface area (TPSA) is 59.0 Å². The van der Waals surface area contributed by atoms with Crippen molar-refractivity contribution in [2.75, 3.05) is 10.6 Å². The maximum atomic E-state index is 12.1. The van der Waals surface area contributed by atoms with Gasteiger partial charge in [0, 0.05) is 18.3 Å². The number of rotatable bonds is 2. The first-order valence-electron chi connectivity index (χ1n) is 6.24. The van der Waals surface area contributed by atoms with Crippen LogP contribution in [0.2, 0.25) is 0 Å². The van der Waals surface area contributed by atoms with Crippen LogP contribution in [0.25, 0.3) is 0 Å². The van der Waals surface area contributed by atoms with Crippen LogP contribution in [0.1, 0.15) is 23.0 Å². The van der Waals surface area contributed by atoms with E-state index in [4.69, 9.17) is 0 Å². The molecule has 3 rings (SSSR count). The molecule has 0 saturated heterocycles. The van der Waals surface area contributed by atoms with Crippen molar-refractivity contribution < 1.29 is 4.79 Å². The van der Waals surface area contributed by atoms with Gasteiger partial charge < -0.3 is 10.6 Å². The lowest BCUT2D eigenvalue weighted by atomic mass is 10.1. The molecule has 2 N–H and O–H groups in total.